The molecule has 0 aliphatic rings. The minimum atomic E-state index is 0.158. The molecule has 0 aliphatic heterocycles. The predicted octanol–water partition coefficient (Wildman–Crippen LogP) is 1.56. The Morgan fingerprint density at radius 2 is 2.27 bits per heavy atom. The van der Waals surface area contributed by atoms with E-state index in [1.54, 1.807) is 13.3 Å². The van der Waals surface area contributed by atoms with Gasteiger partial charge in [0.15, 0.2) is 0 Å². The molecule has 0 aliphatic carbocycles. The third-order valence-electron chi connectivity index (χ3n) is 2.43. The Morgan fingerprint density at radius 3 is 2.73 bits per heavy atom. The molecule has 0 fully saturated rings. The van der Waals surface area contributed by atoms with Crippen molar-refractivity contribution in [2.45, 2.75) is 33.4 Å². The van der Waals surface area contributed by atoms with E-state index in [1.807, 2.05) is 6.20 Å². The van der Waals surface area contributed by atoms with E-state index >= 15 is 0 Å². The summed E-state index contributed by atoms with van der Waals surface area (Å²) in [6.45, 7) is 8.12. The molecule has 86 valence electrons. The van der Waals surface area contributed by atoms with Crippen LogP contribution in [0.25, 0.3) is 0 Å². The molecule has 0 aromatic carbocycles. The highest BCUT2D eigenvalue weighted by Crippen LogP contribution is 2.20. The van der Waals surface area contributed by atoms with Gasteiger partial charge >= 0.3 is 0 Å². The van der Waals surface area contributed by atoms with Crippen LogP contribution in [0.5, 0.6) is 0 Å². The minimum absolute atomic E-state index is 0.158. The number of aromatic nitrogens is 2. The van der Waals surface area contributed by atoms with Gasteiger partial charge in [0.2, 0.25) is 0 Å². The predicted molar refractivity (Wildman–Crippen MR) is 60.5 cm³/mol. The molecular weight excluding hydrogens is 190 g/mol. The van der Waals surface area contributed by atoms with Crippen molar-refractivity contribution in [1.29, 1.82) is 0 Å². The largest absolute Gasteiger partial charge is 0.380 e. The Balaban J connectivity index is 2.29. The highest BCUT2D eigenvalue weighted by Gasteiger charge is 2.23. The first kappa shape index (κ1) is 12.2. The van der Waals surface area contributed by atoms with Crippen molar-refractivity contribution in [3.8, 4) is 0 Å². The number of hydrogen-bond acceptors (Lipinski definition) is 3. The molecule has 1 heterocycles. The fourth-order valence-electron chi connectivity index (χ4n) is 1.46. The Bertz CT molecular complexity index is 264. The van der Waals surface area contributed by atoms with Crippen LogP contribution in [0.15, 0.2) is 12.4 Å². The lowest BCUT2D eigenvalue weighted by Gasteiger charge is -2.29. The first-order chi connectivity index (χ1) is 7.04. The zero-order chi connectivity index (χ0) is 11.3. The summed E-state index contributed by atoms with van der Waals surface area (Å²) in [6, 6.07) is 0. The summed E-state index contributed by atoms with van der Waals surface area (Å²) in [5, 5.41) is 3.33. The van der Waals surface area contributed by atoms with Gasteiger partial charge < -0.3 is 15.0 Å². The molecule has 4 nitrogen and oxygen atoms in total. The van der Waals surface area contributed by atoms with E-state index in [0.717, 1.165) is 18.9 Å². The summed E-state index contributed by atoms with van der Waals surface area (Å²) in [5.74, 6) is 0.957. The van der Waals surface area contributed by atoms with Gasteiger partial charge in [-0.2, -0.15) is 0 Å². The van der Waals surface area contributed by atoms with Crippen LogP contribution >= 0.6 is 0 Å². The number of aromatic amines is 1. The Hall–Kier alpha value is -0.870. The van der Waals surface area contributed by atoms with E-state index in [1.165, 1.54) is 0 Å². The maximum absolute atomic E-state index is 5.44. The monoisotopic (exact) mass is 211 g/mol. The topological polar surface area (TPSA) is 49.9 Å². The van der Waals surface area contributed by atoms with Crippen molar-refractivity contribution in [1.82, 2.24) is 15.3 Å². The van der Waals surface area contributed by atoms with Crippen LogP contribution in [0, 0.1) is 5.41 Å². The molecule has 1 rings (SSSR count). The number of ether oxygens (including phenoxy) is 1. The van der Waals surface area contributed by atoms with Crippen LogP contribution in [-0.4, -0.2) is 29.7 Å². The van der Waals surface area contributed by atoms with Crippen molar-refractivity contribution in [3.05, 3.63) is 18.2 Å². The average molecular weight is 211 g/mol. The highest BCUT2D eigenvalue weighted by molar-refractivity contribution is 4.86. The van der Waals surface area contributed by atoms with Crippen LogP contribution in [0.4, 0.5) is 0 Å². The van der Waals surface area contributed by atoms with Gasteiger partial charge in [-0.1, -0.05) is 20.8 Å². The van der Waals surface area contributed by atoms with Gasteiger partial charge in [-0.3, -0.25) is 0 Å². The summed E-state index contributed by atoms with van der Waals surface area (Å²) in [5.41, 5.74) is 0.158. The fourth-order valence-corrected chi connectivity index (χ4v) is 1.46. The molecule has 2 N–H and O–H groups in total. The van der Waals surface area contributed by atoms with Crippen LogP contribution in [0.2, 0.25) is 0 Å². The lowest BCUT2D eigenvalue weighted by Crippen LogP contribution is -2.38. The van der Waals surface area contributed by atoms with E-state index in [0.29, 0.717) is 0 Å². The van der Waals surface area contributed by atoms with Gasteiger partial charge in [0, 0.05) is 26.0 Å². The third kappa shape index (κ3) is 4.01. The number of methoxy groups -OCH3 is 1. The quantitative estimate of drug-likeness (QED) is 0.777. The summed E-state index contributed by atoms with van der Waals surface area (Å²) in [6.07, 6.45) is 3.80. The van der Waals surface area contributed by atoms with Crippen LogP contribution in [0.3, 0.4) is 0 Å². The number of imidazole rings is 1. The van der Waals surface area contributed by atoms with Gasteiger partial charge in [0.25, 0.3) is 0 Å². The molecule has 1 unspecified atom stereocenters. The first-order valence-corrected chi connectivity index (χ1v) is 5.26. The second kappa shape index (κ2) is 5.28. The number of hydrogen-bond donors (Lipinski definition) is 2. The van der Waals surface area contributed by atoms with E-state index in [2.05, 4.69) is 36.1 Å². The molecule has 0 amide bonds. The molecule has 1 aromatic heterocycles. The van der Waals surface area contributed by atoms with Gasteiger partial charge in [-0.15, -0.1) is 0 Å². The zero-order valence-electron chi connectivity index (χ0n) is 10.0. The zero-order valence-corrected chi connectivity index (χ0v) is 10.0. The molecule has 0 spiro atoms. The number of H-pyrrole nitrogens is 1. The Labute approximate surface area is 91.4 Å². The van der Waals surface area contributed by atoms with Gasteiger partial charge in [0.1, 0.15) is 5.82 Å². The summed E-state index contributed by atoms with van der Waals surface area (Å²) < 4.78 is 5.44. The van der Waals surface area contributed by atoms with E-state index in [4.69, 9.17) is 4.74 Å². The van der Waals surface area contributed by atoms with Crippen LogP contribution in [-0.2, 0) is 11.3 Å². The molecule has 15 heavy (non-hydrogen) atoms. The summed E-state index contributed by atoms with van der Waals surface area (Å²) >= 11 is 0. The Kier molecular flexibility index (Phi) is 4.29. The summed E-state index contributed by atoms with van der Waals surface area (Å²) in [7, 11) is 1.75. The molecule has 0 saturated heterocycles. The van der Waals surface area contributed by atoms with Crippen molar-refractivity contribution >= 4 is 0 Å². The SMILES string of the molecule is COC(CNCc1ncc[nH]1)C(C)(C)C. The molecule has 0 radical (unpaired) electrons. The minimum Gasteiger partial charge on any atom is -0.380 e. The molecule has 0 bridgehead atoms. The van der Waals surface area contributed by atoms with Crippen LogP contribution < -0.4 is 5.32 Å². The van der Waals surface area contributed by atoms with Crippen molar-refractivity contribution in [3.63, 3.8) is 0 Å². The number of nitrogens with one attached hydrogen (secondary N) is 2. The molecular formula is C11H21N3O. The van der Waals surface area contributed by atoms with Crippen molar-refractivity contribution in [2.75, 3.05) is 13.7 Å². The second-order valence-electron chi connectivity index (χ2n) is 4.76. The lowest BCUT2D eigenvalue weighted by atomic mass is 9.89. The van der Waals surface area contributed by atoms with Crippen LogP contribution in [0.1, 0.15) is 26.6 Å². The lowest BCUT2D eigenvalue weighted by molar-refractivity contribution is 0.0172. The molecule has 0 saturated carbocycles. The molecule has 1 atom stereocenters. The molecule has 4 heteroatoms. The molecule has 1 aromatic rings. The van der Waals surface area contributed by atoms with Gasteiger partial charge in [-0.25, -0.2) is 4.98 Å². The fraction of sp³-hybridized carbons (Fsp3) is 0.727. The number of rotatable bonds is 5. The van der Waals surface area contributed by atoms with Crippen molar-refractivity contribution in [2.24, 2.45) is 5.41 Å². The third-order valence-corrected chi connectivity index (χ3v) is 2.43. The number of nitrogens with zero attached hydrogens (tertiary/aromatic N) is 1. The normalized spacial score (nSPS) is 14.1. The first-order valence-electron chi connectivity index (χ1n) is 5.26. The van der Waals surface area contributed by atoms with Crippen molar-refractivity contribution < 1.29 is 4.74 Å². The maximum atomic E-state index is 5.44. The van der Waals surface area contributed by atoms with E-state index in [-0.39, 0.29) is 11.5 Å². The van der Waals surface area contributed by atoms with Gasteiger partial charge in [-0.05, 0) is 5.41 Å². The van der Waals surface area contributed by atoms with Gasteiger partial charge in [0.05, 0.1) is 12.6 Å². The second-order valence-corrected chi connectivity index (χ2v) is 4.76. The standard InChI is InChI=1S/C11H21N3O/c1-11(2,3)9(15-4)7-12-8-10-13-5-6-14-10/h5-6,9,12H,7-8H2,1-4H3,(H,13,14). The average Bonchev–Trinajstić information content (AvgIpc) is 2.62. The maximum Gasteiger partial charge on any atom is 0.120 e. The smallest absolute Gasteiger partial charge is 0.120 e. The summed E-state index contributed by atoms with van der Waals surface area (Å²) in [4.78, 5) is 7.20. The highest BCUT2D eigenvalue weighted by atomic mass is 16.5. The van der Waals surface area contributed by atoms with E-state index < -0.39 is 0 Å². The Morgan fingerprint density at radius 1 is 1.53 bits per heavy atom. The van der Waals surface area contributed by atoms with E-state index in [9.17, 15) is 0 Å².